The minimum Gasteiger partial charge on any atom is -0.478 e. The molecule has 0 saturated heterocycles. The van der Waals surface area contributed by atoms with E-state index in [-0.39, 0.29) is 17.6 Å². The van der Waals surface area contributed by atoms with Gasteiger partial charge in [0.1, 0.15) is 5.60 Å². The van der Waals surface area contributed by atoms with Crippen molar-refractivity contribution in [3.63, 3.8) is 0 Å². The molecule has 2 unspecified atom stereocenters. The molecule has 22 heavy (non-hydrogen) atoms. The van der Waals surface area contributed by atoms with E-state index in [2.05, 4.69) is 5.32 Å². The number of amides is 1. The number of carbonyl (C=O) groups is 2. The molecule has 0 radical (unpaired) electrons. The number of carboxylic acids is 1. The molecule has 2 N–H and O–H groups in total. The summed E-state index contributed by atoms with van der Waals surface area (Å²) in [7, 11) is 0. The molecule has 6 heteroatoms. The minimum absolute atomic E-state index is 0.0238. The SMILES string of the molecule is CC1Nc2ccc(C(=O)O)cc2N(C(=O)OC(C)(C)C)C1C. The average Bonchev–Trinajstić information content (AvgIpc) is 2.37. The Balaban J connectivity index is 2.46. The van der Waals surface area contributed by atoms with Crippen molar-refractivity contribution in [3.05, 3.63) is 23.8 Å². The van der Waals surface area contributed by atoms with Gasteiger partial charge in [-0.1, -0.05) is 0 Å². The van der Waals surface area contributed by atoms with Gasteiger partial charge in [0.25, 0.3) is 0 Å². The normalized spacial score (nSPS) is 20.9. The third-order valence-corrected chi connectivity index (χ3v) is 3.61. The molecule has 1 aliphatic rings. The van der Waals surface area contributed by atoms with Crippen LogP contribution in [0.25, 0.3) is 0 Å². The Morgan fingerprint density at radius 1 is 1.27 bits per heavy atom. The second-order valence-electron chi connectivity index (χ2n) is 6.56. The van der Waals surface area contributed by atoms with Crippen LogP contribution in [0.3, 0.4) is 0 Å². The molecule has 0 aliphatic carbocycles. The van der Waals surface area contributed by atoms with E-state index in [9.17, 15) is 9.59 Å². The number of ether oxygens (including phenoxy) is 1. The van der Waals surface area contributed by atoms with Crippen LogP contribution in [0.4, 0.5) is 16.2 Å². The molecule has 1 amide bonds. The predicted octanol–water partition coefficient (Wildman–Crippen LogP) is 3.33. The van der Waals surface area contributed by atoms with E-state index in [4.69, 9.17) is 9.84 Å². The number of anilines is 2. The molecule has 0 saturated carbocycles. The second-order valence-corrected chi connectivity index (χ2v) is 6.56. The van der Waals surface area contributed by atoms with Crippen LogP contribution >= 0.6 is 0 Å². The largest absolute Gasteiger partial charge is 0.478 e. The lowest BCUT2D eigenvalue weighted by atomic mass is 10.0. The topological polar surface area (TPSA) is 78.9 Å². The highest BCUT2D eigenvalue weighted by Gasteiger charge is 2.35. The number of benzene rings is 1. The second kappa shape index (κ2) is 5.51. The number of hydrogen-bond donors (Lipinski definition) is 2. The molecule has 2 rings (SSSR count). The van der Waals surface area contributed by atoms with Crippen LogP contribution in [-0.4, -0.2) is 34.9 Å². The number of nitrogens with zero attached hydrogens (tertiary/aromatic N) is 1. The highest BCUT2D eigenvalue weighted by atomic mass is 16.6. The van der Waals surface area contributed by atoms with Gasteiger partial charge in [-0.15, -0.1) is 0 Å². The Kier molecular flexibility index (Phi) is 4.04. The smallest absolute Gasteiger partial charge is 0.415 e. The van der Waals surface area contributed by atoms with Gasteiger partial charge in [-0.3, -0.25) is 4.90 Å². The molecule has 1 aromatic rings. The fraction of sp³-hybridized carbons (Fsp3) is 0.500. The van der Waals surface area contributed by atoms with Crippen LogP contribution in [0.2, 0.25) is 0 Å². The van der Waals surface area contributed by atoms with Gasteiger partial charge in [0.2, 0.25) is 0 Å². The van der Waals surface area contributed by atoms with Crippen LogP contribution in [-0.2, 0) is 4.74 Å². The highest BCUT2D eigenvalue weighted by molar-refractivity contribution is 5.98. The van der Waals surface area contributed by atoms with Crippen molar-refractivity contribution in [2.24, 2.45) is 0 Å². The Bertz CT molecular complexity index is 607. The van der Waals surface area contributed by atoms with Crippen molar-refractivity contribution in [3.8, 4) is 0 Å². The standard InChI is InChI=1S/C16H22N2O4/c1-9-10(2)18(15(21)22-16(3,4)5)13-8-11(14(19)20)6-7-12(13)17-9/h6-10,17H,1-5H3,(H,19,20). The molecule has 0 aromatic heterocycles. The van der Waals surface area contributed by atoms with E-state index in [1.165, 1.54) is 17.0 Å². The third-order valence-electron chi connectivity index (χ3n) is 3.61. The Morgan fingerprint density at radius 3 is 2.45 bits per heavy atom. The van der Waals surface area contributed by atoms with Crippen LogP contribution in [0.15, 0.2) is 18.2 Å². The summed E-state index contributed by atoms with van der Waals surface area (Å²) < 4.78 is 5.46. The van der Waals surface area contributed by atoms with Gasteiger partial charge in [0.05, 0.1) is 23.0 Å². The van der Waals surface area contributed by atoms with Gasteiger partial charge < -0.3 is 15.2 Å². The summed E-state index contributed by atoms with van der Waals surface area (Å²) >= 11 is 0. The maximum atomic E-state index is 12.5. The fourth-order valence-electron chi connectivity index (χ4n) is 2.37. The summed E-state index contributed by atoms with van der Waals surface area (Å²) in [4.78, 5) is 25.2. The molecule has 1 aliphatic heterocycles. The summed E-state index contributed by atoms with van der Waals surface area (Å²) in [6, 6.07) is 4.56. The molecule has 0 fully saturated rings. The zero-order chi connectivity index (χ0) is 16.7. The third kappa shape index (κ3) is 3.16. The molecule has 0 spiro atoms. The molecule has 6 nitrogen and oxygen atoms in total. The van der Waals surface area contributed by atoms with Crippen LogP contribution in [0.5, 0.6) is 0 Å². The molecular weight excluding hydrogens is 284 g/mol. The van der Waals surface area contributed by atoms with E-state index in [1.54, 1.807) is 26.8 Å². The van der Waals surface area contributed by atoms with Crippen molar-refractivity contribution in [1.29, 1.82) is 0 Å². The quantitative estimate of drug-likeness (QED) is 0.832. The number of fused-ring (bicyclic) bond motifs is 1. The zero-order valence-electron chi connectivity index (χ0n) is 13.5. The van der Waals surface area contributed by atoms with E-state index in [0.29, 0.717) is 5.69 Å². The van der Waals surface area contributed by atoms with Gasteiger partial charge in [0, 0.05) is 6.04 Å². The number of hydrogen-bond acceptors (Lipinski definition) is 4. The first-order valence-corrected chi connectivity index (χ1v) is 7.26. The van der Waals surface area contributed by atoms with Crippen molar-refractivity contribution in [2.75, 3.05) is 10.2 Å². The number of carbonyl (C=O) groups excluding carboxylic acids is 1. The van der Waals surface area contributed by atoms with Crippen molar-refractivity contribution >= 4 is 23.4 Å². The van der Waals surface area contributed by atoms with Crippen molar-refractivity contribution < 1.29 is 19.4 Å². The summed E-state index contributed by atoms with van der Waals surface area (Å²) in [6.07, 6.45) is -0.475. The Labute approximate surface area is 130 Å². The molecular formula is C16H22N2O4. The minimum atomic E-state index is -1.03. The van der Waals surface area contributed by atoms with Crippen LogP contribution < -0.4 is 10.2 Å². The first kappa shape index (κ1) is 16.1. The Hall–Kier alpha value is -2.24. The number of carboxylic acid groups (broad SMARTS) is 1. The Morgan fingerprint density at radius 2 is 1.91 bits per heavy atom. The van der Waals surface area contributed by atoms with Gasteiger partial charge >= 0.3 is 12.1 Å². The first-order chi connectivity index (χ1) is 10.1. The molecule has 1 aromatic carbocycles. The van der Waals surface area contributed by atoms with Gasteiger partial charge in [-0.25, -0.2) is 9.59 Å². The number of aromatic carboxylic acids is 1. The monoisotopic (exact) mass is 306 g/mol. The number of rotatable bonds is 1. The van der Waals surface area contributed by atoms with Crippen molar-refractivity contribution in [2.45, 2.75) is 52.3 Å². The number of nitrogens with one attached hydrogen (secondary N) is 1. The fourth-order valence-corrected chi connectivity index (χ4v) is 2.37. The van der Waals surface area contributed by atoms with Crippen LogP contribution in [0, 0.1) is 0 Å². The summed E-state index contributed by atoms with van der Waals surface area (Å²) in [5.41, 5.74) is 0.771. The van der Waals surface area contributed by atoms with E-state index >= 15 is 0 Å². The molecule has 0 bridgehead atoms. The van der Waals surface area contributed by atoms with E-state index in [0.717, 1.165) is 5.69 Å². The first-order valence-electron chi connectivity index (χ1n) is 7.26. The molecule has 2 atom stereocenters. The summed E-state index contributed by atoms with van der Waals surface area (Å²) in [6.45, 7) is 9.27. The van der Waals surface area contributed by atoms with E-state index < -0.39 is 17.7 Å². The maximum Gasteiger partial charge on any atom is 0.415 e. The van der Waals surface area contributed by atoms with Crippen molar-refractivity contribution in [1.82, 2.24) is 0 Å². The van der Waals surface area contributed by atoms with E-state index in [1.807, 2.05) is 13.8 Å². The van der Waals surface area contributed by atoms with Gasteiger partial charge in [0.15, 0.2) is 0 Å². The van der Waals surface area contributed by atoms with Gasteiger partial charge in [-0.2, -0.15) is 0 Å². The molecule has 120 valence electrons. The maximum absolute atomic E-state index is 12.5. The average molecular weight is 306 g/mol. The highest BCUT2D eigenvalue weighted by Crippen LogP contribution is 2.35. The molecule has 1 heterocycles. The summed E-state index contributed by atoms with van der Waals surface area (Å²) in [5.74, 6) is -1.03. The summed E-state index contributed by atoms with van der Waals surface area (Å²) in [5, 5.41) is 12.4. The zero-order valence-corrected chi connectivity index (χ0v) is 13.5. The van der Waals surface area contributed by atoms with Gasteiger partial charge in [-0.05, 0) is 52.8 Å². The lowest BCUT2D eigenvalue weighted by Gasteiger charge is -2.40. The predicted molar refractivity (Wildman–Crippen MR) is 84.7 cm³/mol. The van der Waals surface area contributed by atoms with Crippen LogP contribution in [0.1, 0.15) is 45.0 Å². The lowest BCUT2D eigenvalue weighted by Crippen LogP contribution is -2.52. The lowest BCUT2D eigenvalue weighted by molar-refractivity contribution is 0.0562.